The van der Waals surface area contributed by atoms with Crippen LogP contribution in [0.5, 0.6) is 5.75 Å². The molecule has 24 heavy (non-hydrogen) atoms. The van der Waals surface area contributed by atoms with Crippen molar-refractivity contribution in [3.63, 3.8) is 0 Å². The number of rotatable bonds is 2. The number of aromatic hydroxyl groups is 1. The summed E-state index contributed by atoms with van der Waals surface area (Å²) in [6.45, 7) is -0.357. The van der Waals surface area contributed by atoms with Gasteiger partial charge in [0.25, 0.3) is 5.91 Å². The third kappa shape index (κ3) is 2.19. The average Bonchev–Trinajstić information content (AvgIpc) is 3.07. The maximum atomic E-state index is 11.9. The van der Waals surface area contributed by atoms with Gasteiger partial charge in [0, 0.05) is 10.9 Å². The minimum absolute atomic E-state index is 0.0462. The Morgan fingerprint density at radius 2 is 1.96 bits per heavy atom. The molecule has 0 spiro atoms. The van der Waals surface area contributed by atoms with E-state index in [2.05, 4.69) is 0 Å². The summed E-state index contributed by atoms with van der Waals surface area (Å²) in [6.07, 6.45) is 1.58. The van der Waals surface area contributed by atoms with E-state index in [4.69, 9.17) is 4.42 Å². The predicted molar refractivity (Wildman–Crippen MR) is 87.7 cm³/mol. The molecule has 0 atom stereocenters. The van der Waals surface area contributed by atoms with Crippen molar-refractivity contribution in [1.29, 1.82) is 0 Å². The normalized spacial score (nSPS) is 16.5. The zero-order chi connectivity index (χ0) is 16.9. The number of anilines is 1. The van der Waals surface area contributed by atoms with Crippen molar-refractivity contribution in [2.75, 3.05) is 10.8 Å². The Bertz CT molecular complexity index is 1070. The Morgan fingerprint density at radius 1 is 1.17 bits per heavy atom. The topological polar surface area (TPSA) is 99.8 Å². The van der Waals surface area contributed by atoms with Crippen LogP contribution in [0.2, 0.25) is 0 Å². The molecule has 1 amide bonds. The van der Waals surface area contributed by atoms with Crippen LogP contribution in [-0.4, -0.2) is 26.0 Å². The number of benzene rings is 2. The fourth-order valence-corrected chi connectivity index (χ4v) is 3.93. The summed E-state index contributed by atoms with van der Waals surface area (Å²) in [5.74, 6) is -0.878. The van der Waals surface area contributed by atoms with E-state index in [1.54, 1.807) is 12.3 Å². The number of nitrogens with one attached hydrogen (secondary N) is 1. The standard InChI is InChI=1S/C16H12N2O5S/c19-14-7-10(12-9-23-15-4-2-1-3-11(12)15)5-6-13(14)18-8-16(20)17-24(18,21)22/h1-7,9,19H,8H2,(H,17,20). The van der Waals surface area contributed by atoms with Crippen LogP contribution in [0.4, 0.5) is 5.69 Å². The average molecular weight is 344 g/mol. The molecule has 2 aromatic carbocycles. The molecule has 8 heteroatoms. The van der Waals surface area contributed by atoms with Crippen molar-refractivity contribution in [3.8, 4) is 16.9 Å². The molecule has 0 aliphatic carbocycles. The first-order chi connectivity index (χ1) is 11.5. The van der Waals surface area contributed by atoms with Crippen LogP contribution in [0.25, 0.3) is 22.1 Å². The largest absolute Gasteiger partial charge is 0.506 e. The second kappa shape index (κ2) is 5.00. The Balaban J connectivity index is 1.79. The second-order valence-corrected chi connectivity index (χ2v) is 6.98. The van der Waals surface area contributed by atoms with E-state index in [9.17, 15) is 18.3 Å². The van der Waals surface area contributed by atoms with Crippen LogP contribution in [0, 0.1) is 0 Å². The van der Waals surface area contributed by atoms with Crippen LogP contribution in [0.15, 0.2) is 53.1 Å². The third-order valence-electron chi connectivity index (χ3n) is 3.86. The van der Waals surface area contributed by atoms with Gasteiger partial charge in [0.05, 0.1) is 12.0 Å². The molecule has 1 aliphatic heterocycles. The molecule has 0 saturated carbocycles. The summed E-state index contributed by atoms with van der Waals surface area (Å²) >= 11 is 0. The molecule has 2 N–H and O–H groups in total. The van der Waals surface area contributed by atoms with E-state index in [0.717, 1.165) is 15.3 Å². The van der Waals surface area contributed by atoms with Crippen molar-refractivity contribution in [2.24, 2.45) is 0 Å². The number of phenolic OH excluding ortho intramolecular Hbond substituents is 1. The predicted octanol–water partition coefficient (Wildman–Crippen LogP) is 1.99. The van der Waals surface area contributed by atoms with Gasteiger partial charge in [-0.3, -0.25) is 4.79 Å². The van der Waals surface area contributed by atoms with Gasteiger partial charge in [-0.25, -0.2) is 9.03 Å². The number of nitrogens with zero attached hydrogens (tertiary/aromatic N) is 1. The second-order valence-electron chi connectivity index (χ2n) is 5.39. The van der Waals surface area contributed by atoms with E-state index in [-0.39, 0.29) is 18.0 Å². The molecule has 1 aliphatic rings. The van der Waals surface area contributed by atoms with Gasteiger partial charge in [-0.05, 0) is 23.8 Å². The summed E-state index contributed by atoms with van der Waals surface area (Å²) in [5, 5.41) is 11.1. The first-order valence-electron chi connectivity index (χ1n) is 7.09. The molecular formula is C16H12N2O5S. The van der Waals surface area contributed by atoms with Crippen LogP contribution in [0.1, 0.15) is 0 Å². The van der Waals surface area contributed by atoms with Gasteiger partial charge in [0.15, 0.2) is 0 Å². The molecule has 2 heterocycles. The molecular weight excluding hydrogens is 332 g/mol. The Labute approximate surface area is 137 Å². The summed E-state index contributed by atoms with van der Waals surface area (Å²) in [7, 11) is -3.96. The Kier molecular flexibility index (Phi) is 3.04. The van der Waals surface area contributed by atoms with Crippen molar-refractivity contribution in [3.05, 3.63) is 48.7 Å². The van der Waals surface area contributed by atoms with Crippen molar-refractivity contribution in [2.45, 2.75) is 0 Å². The van der Waals surface area contributed by atoms with Crippen molar-refractivity contribution >= 4 is 32.8 Å². The number of hydrogen-bond donors (Lipinski definition) is 2. The monoisotopic (exact) mass is 344 g/mol. The number of fused-ring (bicyclic) bond motifs is 1. The van der Waals surface area contributed by atoms with Crippen molar-refractivity contribution < 1.29 is 22.7 Å². The quantitative estimate of drug-likeness (QED) is 0.740. The summed E-state index contributed by atoms with van der Waals surface area (Å²) in [5.41, 5.74) is 2.22. The van der Waals surface area contributed by atoms with Gasteiger partial charge in [-0.2, -0.15) is 8.42 Å². The van der Waals surface area contributed by atoms with Crippen LogP contribution in [-0.2, 0) is 15.0 Å². The third-order valence-corrected chi connectivity index (χ3v) is 5.25. The van der Waals surface area contributed by atoms with Gasteiger partial charge in [0.1, 0.15) is 17.9 Å². The van der Waals surface area contributed by atoms with E-state index in [0.29, 0.717) is 11.1 Å². The van der Waals surface area contributed by atoms with E-state index in [1.807, 2.05) is 29.0 Å². The minimum Gasteiger partial charge on any atom is -0.506 e. The molecule has 4 rings (SSSR count). The number of furan rings is 1. The fraction of sp³-hybridized carbons (Fsp3) is 0.0625. The van der Waals surface area contributed by atoms with Gasteiger partial charge in [-0.15, -0.1) is 0 Å². The van der Waals surface area contributed by atoms with E-state index >= 15 is 0 Å². The highest BCUT2D eigenvalue weighted by Crippen LogP contribution is 2.37. The minimum atomic E-state index is -3.96. The summed E-state index contributed by atoms with van der Waals surface area (Å²) in [4.78, 5) is 11.3. The van der Waals surface area contributed by atoms with Gasteiger partial charge in [-0.1, -0.05) is 24.3 Å². The van der Waals surface area contributed by atoms with Gasteiger partial charge in [0.2, 0.25) is 0 Å². The summed E-state index contributed by atoms with van der Waals surface area (Å²) < 4.78 is 31.9. The maximum Gasteiger partial charge on any atom is 0.326 e. The van der Waals surface area contributed by atoms with Gasteiger partial charge < -0.3 is 9.52 Å². The fourth-order valence-electron chi connectivity index (χ4n) is 2.76. The molecule has 0 bridgehead atoms. The zero-order valence-electron chi connectivity index (χ0n) is 12.3. The van der Waals surface area contributed by atoms with Crippen LogP contribution in [0.3, 0.4) is 0 Å². The lowest BCUT2D eigenvalue weighted by Gasteiger charge is -2.16. The molecule has 7 nitrogen and oxygen atoms in total. The number of hydrogen-bond acceptors (Lipinski definition) is 5. The van der Waals surface area contributed by atoms with Gasteiger partial charge >= 0.3 is 10.2 Å². The molecule has 122 valence electrons. The zero-order valence-corrected chi connectivity index (χ0v) is 13.1. The lowest BCUT2D eigenvalue weighted by atomic mass is 10.0. The Morgan fingerprint density at radius 3 is 2.67 bits per heavy atom. The van der Waals surface area contributed by atoms with E-state index in [1.165, 1.54) is 12.1 Å². The first kappa shape index (κ1) is 14.6. The first-order valence-corrected chi connectivity index (χ1v) is 8.53. The molecule has 1 aromatic heterocycles. The number of carbonyl (C=O) groups excluding carboxylic acids is 1. The van der Waals surface area contributed by atoms with Crippen LogP contribution < -0.4 is 9.03 Å². The molecule has 0 unspecified atom stereocenters. The summed E-state index contributed by atoms with van der Waals surface area (Å²) in [6, 6.07) is 12.1. The SMILES string of the molecule is O=C1CN(c2ccc(-c3coc4ccccc34)cc2O)S(=O)(=O)N1. The van der Waals surface area contributed by atoms with Crippen LogP contribution >= 0.6 is 0 Å². The highest BCUT2D eigenvalue weighted by Gasteiger charge is 2.35. The number of amides is 1. The Hall–Kier alpha value is -3.00. The van der Waals surface area contributed by atoms with Crippen molar-refractivity contribution in [1.82, 2.24) is 4.72 Å². The highest BCUT2D eigenvalue weighted by molar-refractivity contribution is 7.92. The highest BCUT2D eigenvalue weighted by atomic mass is 32.2. The van der Waals surface area contributed by atoms with E-state index < -0.39 is 16.1 Å². The maximum absolute atomic E-state index is 11.9. The molecule has 1 saturated heterocycles. The number of phenols is 1. The molecule has 3 aromatic rings. The molecule has 0 radical (unpaired) electrons. The number of carbonyl (C=O) groups is 1. The smallest absolute Gasteiger partial charge is 0.326 e. The lowest BCUT2D eigenvalue weighted by Crippen LogP contribution is -2.29. The lowest BCUT2D eigenvalue weighted by molar-refractivity contribution is -0.117. The molecule has 1 fully saturated rings. The number of para-hydroxylation sites is 1.